The molecule has 1 saturated heterocycles. The number of halogens is 1. The number of rotatable bonds is 6. The van der Waals surface area contributed by atoms with Crippen LogP contribution in [0.2, 0.25) is 19.6 Å². The molecule has 0 bridgehead atoms. The van der Waals surface area contributed by atoms with E-state index in [1.54, 1.807) is 12.3 Å². The van der Waals surface area contributed by atoms with Crippen molar-refractivity contribution < 1.29 is 14.3 Å². The minimum Gasteiger partial charge on any atom is -0.389 e. The first-order valence-corrected chi connectivity index (χ1v) is 15.3. The number of hydrogen-bond donors (Lipinski definition) is 2. The molecule has 2 N–H and O–H groups in total. The van der Waals surface area contributed by atoms with Crippen molar-refractivity contribution >= 4 is 41.6 Å². The number of β-amino-alcohol motifs (C(OH)–C–C–N with tert-alkyl or cyclic N) is 1. The van der Waals surface area contributed by atoms with Crippen molar-refractivity contribution in [3.8, 4) is 0 Å². The van der Waals surface area contributed by atoms with E-state index in [2.05, 4.69) is 48.1 Å². The zero-order chi connectivity index (χ0) is 24.7. The van der Waals surface area contributed by atoms with E-state index in [0.29, 0.717) is 31.0 Å². The molecule has 6 nitrogen and oxygen atoms in total. The van der Waals surface area contributed by atoms with Gasteiger partial charge in [-0.15, -0.1) is 0 Å². The fraction of sp³-hybridized carbons (Fsp3) is 0.259. The third-order valence-corrected chi connectivity index (χ3v) is 8.46. The lowest BCUT2D eigenvalue weighted by atomic mass is 10.2. The van der Waals surface area contributed by atoms with E-state index in [1.165, 1.54) is 17.3 Å². The Bertz CT molecular complexity index is 1390. The molecule has 0 radical (unpaired) electrons. The summed E-state index contributed by atoms with van der Waals surface area (Å²) >= 11 is 0. The lowest BCUT2D eigenvalue weighted by molar-refractivity contribution is 0.101. The highest BCUT2D eigenvalue weighted by Gasteiger charge is 2.25. The number of anilines is 2. The van der Waals surface area contributed by atoms with Gasteiger partial charge in [0.2, 0.25) is 0 Å². The highest BCUT2D eigenvalue weighted by atomic mass is 28.3. The predicted molar refractivity (Wildman–Crippen MR) is 141 cm³/mol. The van der Waals surface area contributed by atoms with Crippen molar-refractivity contribution in [2.75, 3.05) is 23.3 Å². The summed E-state index contributed by atoms with van der Waals surface area (Å²) in [5.41, 5.74) is 2.82. The number of aliphatic hydroxyl groups is 1. The normalized spacial score (nSPS) is 14.3. The second-order valence-electron chi connectivity index (χ2n) is 10.2. The average molecular weight is 489 g/mol. The third-order valence-electron chi connectivity index (χ3n) is 6.42. The van der Waals surface area contributed by atoms with Crippen LogP contribution in [0.25, 0.3) is 10.9 Å². The van der Waals surface area contributed by atoms with Crippen LogP contribution in [-0.4, -0.2) is 47.8 Å². The fourth-order valence-corrected chi connectivity index (χ4v) is 5.57. The number of benzene rings is 2. The summed E-state index contributed by atoms with van der Waals surface area (Å²) in [5, 5.41) is 14.8. The summed E-state index contributed by atoms with van der Waals surface area (Å²) in [5.74, 6) is 0.223. The molecule has 3 heterocycles. The van der Waals surface area contributed by atoms with Gasteiger partial charge in [0.1, 0.15) is 17.3 Å². The van der Waals surface area contributed by atoms with Gasteiger partial charge in [-0.1, -0.05) is 49.1 Å². The standard InChI is InChI=1S/C27H29FN4O2Si/c1-35(2,3)23-8-9-24-19(12-23)13-25(32(24)15-18-5-4-6-20(28)11-18)27(34)30-21-7-10-26(29-14-21)31-16-22(33)17-31/h4-14,22,33H,15-17H2,1-3H3,(H,30,34). The molecule has 180 valence electrons. The van der Waals surface area contributed by atoms with Crippen LogP contribution in [0.5, 0.6) is 0 Å². The number of carbonyl (C=O) groups excluding carboxylic acids is 1. The van der Waals surface area contributed by atoms with Crippen molar-refractivity contribution in [1.82, 2.24) is 9.55 Å². The minimum absolute atomic E-state index is 0.249. The van der Waals surface area contributed by atoms with E-state index in [4.69, 9.17) is 0 Å². The minimum atomic E-state index is -1.53. The highest BCUT2D eigenvalue weighted by molar-refractivity contribution is 6.88. The van der Waals surface area contributed by atoms with Crippen molar-refractivity contribution in [3.05, 3.63) is 83.9 Å². The molecule has 2 aromatic carbocycles. The molecule has 2 aromatic heterocycles. The lowest BCUT2D eigenvalue weighted by Crippen LogP contribution is -2.51. The Labute approximate surface area is 205 Å². The second-order valence-corrected chi connectivity index (χ2v) is 15.3. The number of pyridine rings is 1. The maximum Gasteiger partial charge on any atom is 0.272 e. The summed E-state index contributed by atoms with van der Waals surface area (Å²) in [6, 6.07) is 18.4. The van der Waals surface area contributed by atoms with E-state index >= 15 is 0 Å². The number of fused-ring (bicyclic) bond motifs is 1. The Morgan fingerprint density at radius 1 is 1.11 bits per heavy atom. The molecule has 0 unspecified atom stereocenters. The molecular weight excluding hydrogens is 459 g/mol. The topological polar surface area (TPSA) is 70.4 Å². The van der Waals surface area contributed by atoms with Crippen molar-refractivity contribution in [2.45, 2.75) is 32.3 Å². The Morgan fingerprint density at radius 2 is 1.91 bits per heavy atom. The molecule has 1 aliphatic rings. The van der Waals surface area contributed by atoms with E-state index < -0.39 is 8.07 Å². The van der Waals surface area contributed by atoms with E-state index in [1.807, 2.05) is 33.7 Å². The number of amides is 1. The molecule has 0 saturated carbocycles. The quantitative estimate of drug-likeness (QED) is 0.399. The van der Waals surface area contributed by atoms with Crippen molar-refractivity contribution in [1.29, 1.82) is 0 Å². The van der Waals surface area contributed by atoms with Crippen LogP contribution < -0.4 is 15.4 Å². The molecule has 1 aliphatic heterocycles. The van der Waals surface area contributed by atoms with E-state index in [9.17, 15) is 14.3 Å². The van der Waals surface area contributed by atoms with Gasteiger partial charge < -0.3 is 19.9 Å². The van der Waals surface area contributed by atoms with Crippen molar-refractivity contribution in [3.63, 3.8) is 0 Å². The van der Waals surface area contributed by atoms with Gasteiger partial charge in [-0.2, -0.15) is 0 Å². The molecule has 0 aliphatic carbocycles. The number of hydrogen-bond acceptors (Lipinski definition) is 4. The Balaban J connectivity index is 1.47. The van der Waals surface area contributed by atoms with Crippen molar-refractivity contribution in [2.24, 2.45) is 0 Å². The summed E-state index contributed by atoms with van der Waals surface area (Å²) in [4.78, 5) is 19.8. The second kappa shape index (κ2) is 8.94. The van der Waals surface area contributed by atoms with Crippen LogP contribution in [0, 0.1) is 5.82 Å². The number of aliphatic hydroxyl groups excluding tert-OH is 1. The fourth-order valence-electron chi connectivity index (χ4n) is 4.40. The molecule has 8 heteroatoms. The molecule has 0 spiro atoms. The zero-order valence-corrected chi connectivity index (χ0v) is 21.1. The highest BCUT2D eigenvalue weighted by Crippen LogP contribution is 2.24. The maximum absolute atomic E-state index is 13.9. The molecule has 4 aromatic rings. The molecule has 1 fully saturated rings. The first kappa shape index (κ1) is 23.3. The number of aromatic nitrogens is 2. The van der Waals surface area contributed by atoms with Gasteiger partial charge in [0.05, 0.1) is 26.1 Å². The Hall–Kier alpha value is -3.49. The van der Waals surface area contributed by atoms with Crippen LogP contribution in [0.15, 0.2) is 66.9 Å². The average Bonchev–Trinajstić information content (AvgIpc) is 3.15. The summed E-state index contributed by atoms with van der Waals surface area (Å²) in [6.07, 6.45) is 1.32. The SMILES string of the molecule is C[Si](C)(C)c1ccc2c(c1)cc(C(=O)Nc1ccc(N3CC(O)C3)nc1)n2Cc1cccc(F)c1. The van der Waals surface area contributed by atoms with Crippen LogP contribution in [0.1, 0.15) is 16.1 Å². The van der Waals surface area contributed by atoms with Gasteiger partial charge in [0.15, 0.2) is 0 Å². The largest absolute Gasteiger partial charge is 0.389 e. The lowest BCUT2D eigenvalue weighted by Gasteiger charge is -2.36. The summed E-state index contributed by atoms with van der Waals surface area (Å²) < 4.78 is 15.8. The molecular formula is C27H29FN4O2Si. The smallest absolute Gasteiger partial charge is 0.272 e. The molecule has 35 heavy (non-hydrogen) atoms. The first-order valence-electron chi connectivity index (χ1n) is 11.8. The van der Waals surface area contributed by atoms with Crippen LogP contribution in [-0.2, 0) is 6.54 Å². The van der Waals surface area contributed by atoms with E-state index in [0.717, 1.165) is 22.3 Å². The van der Waals surface area contributed by atoms with Gasteiger partial charge in [0.25, 0.3) is 5.91 Å². The molecule has 0 atom stereocenters. The first-order chi connectivity index (χ1) is 16.7. The summed E-state index contributed by atoms with van der Waals surface area (Å²) in [6.45, 7) is 8.40. The molecule has 1 amide bonds. The number of nitrogens with zero attached hydrogens (tertiary/aromatic N) is 3. The van der Waals surface area contributed by atoms with Crippen LogP contribution in [0.3, 0.4) is 0 Å². The third kappa shape index (κ3) is 4.85. The van der Waals surface area contributed by atoms with Gasteiger partial charge in [-0.25, -0.2) is 9.37 Å². The maximum atomic E-state index is 13.9. The summed E-state index contributed by atoms with van der Waals surface area (Å²) in [7, 11) is -1.53. The predicted octanol–water partition coefficient (Wildman–Crippen LogP) is 4.20. The van der Waals surface area contributed by atoms with Gasteiger partial charge >= 0.3 is 0 Å². The zero-order valence-electron chi connectivity index (χ0n) is 20.1. The van der Waals surface area contributed by atoms with Crippen LogP contribution in [0.4, 0.5) is 15.9 Å². The van der Waals surface area contributed by atoms with Gasteiger partial charge in [0, 0.05) is 30.5 Å². The monoisotopic (exact) mass is 488 g/mol. The van der Waals surface area contributed by atoms with E-state index in [-0.39, 0.29) is 17.8 Å². The Kier molecular flexibility index (Phi) is 5.94. The molecule has 5 rings (SSSR count). The number of nitrogens with one attached hydrogen (secondary N) is 1. The van der Waals surface area contributed by atoms with Gasteiger partial charge in [-0.05, 0) is 42.0 Å². The Morgan fingerprint density at radius 3 is 2.57 bits per heavy atom. The van der Waals surface area contributed by atoms with Gasteiger partial charge in [-0.3, -0.25) is 4.79 Å². The van der Waals surface area contributed by atoms with Crippen LogP contribution >= 0.6 is 0 Å². The number of carbonyl (C=O) groups is 1.